The molecule has 27 heavy (non-hydrogen) atoms. The third-order valence-corrected chi connectivity index (χ3v) is 4.77. The molecule has 0 aromatic heterocycles. The van der Waals surface area contributed by atoms with Gasteiger partial charge in [-0.1, -0.05) is 49.4 Å². The van der Waals surface area contributed by atoms with Gasteiger partial charge < -0.3 is 9.64 Å². The molecule has 1 aliphatic heterocycles. The van der Waals surface area contributed by atoms with Crippen molar-refractivity contribution in [2.45, 2.75) is 45.6 Å². The number of fused-ring (bicyclic) bond motifs is 1. The van der Waals surface area contributed by atoms with E-state index < -0.39 is 5.60 Å². The quantitative estimate of drug-likeness (QED) is 0.717. The maximum atomic E-state index is 12.8. The Bertz CT molecular complexity index is 836. The highest BCUT2D eigenvalue weighted by atomic mass is 16.6. The molecule has 1 amide bonds. The molecular weight excluding hydrogens is 338 g/mol. The molecular formula is C23H27NO3. The normalized spacial score (nSPS) is 17.0. The van der Waals surface area contributed by atoms with Crippen molar-refractivity contribution in [2.75, 3.05) is 13.1 Å². The Morgan fingerprint density at radius 2 is 1.74 bits per heavy atom. The zero-order chi connectivity index (χ0) is 19.6. The second-order valence-corrected chi connectivity index (χ2v) is 8.19. The van der Waals surface area contributed by atoms with Gasteiger partial charge in [0.2, 0.25) is 0 Å². The highest BCUT2D eigenvalue weighted by molar-refractivity contribution is 6.09. The molecule has 1 aliphatic rings. The van der Waals surface area contributed by atoms with Crippen molar-refractivity contribution in [3.63, 3.8) is 0 Å². The van der Waals surface area contributed by atoms with Crippen LogP contribution in [0.3, 0.4) is 0 Å². The van der Waals surface area contributed by atoms with Gasteiger partial charge in [0.25, 0.3) is 0 Å². The van der Waals surface area contributed by atoms with Crippen LogP contribution < -0.4 is 0 Å². The van der Waals surface area contributed by atoms with Crippen LogP contribution in [0, 0.1) is 0 Å². The van der Waals surface area contributed by atoms with Gasteiger partial charge in [-0.05, 0) is 50.3 Å². The van der Waals surface area contributed by atoms with Crippen LogP contribution in [0.25, 0.3) is 0 Å². The van der Waals surface area contributed by atoms with E-state index in [0.29, 0.717) is 24.2 Å². The summed E-state index contributed by atoms with van der Waals surface area (Å²) in [5.41, 5.74) is 3.21. The number of rotatable bonds is 2. The second kappa shape index (κ2) is 7.55. The molecule has 0 radical (unpaired) electrons. The monoisotopic (exact) mass is 365 g/mol. The minimum atomic E-state index is -0.505. The zero-order valence-electron chi connectivity index (χ0n) is 16.5. The second-order valence-electron chi connectivity index (χ2n) is 8.19. The zero-order valence-corrected chi connectivity index (χ0v) is 16.5. The van der Waals surface area contributed by atoms with E-state index in [1.54, 1.807) is 4.90 Å². The van der Waals surface area contributed by atoms with Gasteiger partial charge in [-0.15, -0.1) is 0 Å². The number of benzene rings is 2. The van der Waals surface area contributed by atoms with Crippen molar-refractivity contribution in [2.24, 2.45) is 0 Å². The van der Waals surface area contributed by atoms with Crippen molar-refractivity contribution in [1.29, 1.82) is 0 Å². The summed E-state index contributed by atoms with van der Waals surface area (Å²) in [6.07, 6.45) is 0.487. The molecule has 2 aromatic rings. The first-order valence-electron chi connectivity index (χ1n) is 9.45. The van der Waals surface area contributed by atoms with Crippen molar-refractivity contribution in [3.8, 4) is 0 Å². The number of ketones is 1. The molecule has 142 valence electrons. The van der Waals surface area contributed by atoms with Crippen LogP contribution in [0.1, 0.15) is 60.7 Å². The Balaban J connectivity index is 1.82. The van der Waals surface area contributed by atoms with Crippen LogP contribution in [-0.2, 0) is 11.2 Å². The van der Waals surface area contributed by atoms with Gasteiger partial charge in [-0.3, -0.25) is 4.79 Å². The summed E-state index contributed by atoms with van der Waals surface area (Å²) in [4.78, 5) is 27.0. The molecule has 0 fully saturated rings. The third kappa shape index (κ3) is 4.57. The smallest absolute Gasteiger partial charge is 0.410 e. The highest BCUT2D eigenvalue weighted by Crippen LogP contribution is 2.28. The fourth-order valence-corrected chi connectivity index (χ4v) is 3.45. The molecule has 0 spiro atoms. The Morgan fingerprint density at radius 3 is 2.41 bits per heavy atom. The van der Waals surface area contributed by atoms with E-state index in [4.69, 9.17) is 4.74 Å². The Hall–Kier alpha value is -2.62. The van der Waals surface area contributed by atoms with E-state index in [9.17, 15) is 9.59 Å². The SMILES string of the molecule is C[C@@H]1CN(C(=O)OC(C)(C)C)CCc2ccc(C(=O)c3ccccc3)cc21. The molecule has 1 atom stereocenters. The number of carbonyl (C=O) groups is 2. The van der Waals surface area contributed by atoms with E-state index in [1.165, 1.54) is 5.56 Å². The molecule has 0 N–H and O–H groups in total. The van der Waals surface area contributed by atoms with Crippen LogP contribution in [0.5, 0.6) is 0 Å². The molecule has 1 heterocycles. The number of nitrogens with zero attached hydrogens (tertiary/aromatic N) is 1. The lowest BCUT2D eigenvalue weighted by Crippen LogP contribution is -2.38. The average Bonchev–Trinajstić information content (AvgIpc) is 2.79. The summed E-state index contributed by atoms with van der Waals surface area (Å²) in [5, 5.41) is 0. The van der Waals surface area contributed by atoms with Gasteiger partial charge in [0.05, 0.1) is 0 Å². The van der Waals surface area contributed by atoms with Crippen molar-refractivity contribution >= 4 is 11.9 Å². The Labute approximate surface area is 161 Å². The first-order chi connectivity index (χ1) is 12.7. The topological polar surface area (TPSA) is 46.6 Å². The predicted molar refractivity (Wildman–Crippen MR) is 106 cm³/mol. The van der Waals surface area contributed by atoms with Crippen LogP contribution in [0.2, 0.25) is 0 Å². The van der Waals surface area contributed by atoms with Gasteiger partial charge in [-0.2, -0.15) is 0 Å². The summed E-state index contributed by atoms with van der Waals surface area (Å²) >= 11 is 0. The highest BCUT2D eigenvalue weighted by Gasteiger charge is 2.27. The van der Waals surface area contributed by atoms with E-state index in [1.807, 2.05) is 69.3 Å². The van der Waals surface area contributed by atoms with Crippen molar-refractivity contribution in [3.05, 3.63) is 70.8 Å². The molecule has 3 rings (SSSR count). The lowest BCUT2D eigenvalue weighted by molar-refractivity contribution is 0.0248. The molecule has 0 saturated heterocycles. The van der Waals surface area contributed by atoms with E-state index in [2.05, 4.69) is 6.92 Å². The number of hydrogen-bond acceptors (Lipinski definition) is 3. The Kier molecular flexibility index (Phi) is 5.36. The fourth-order valence-electron chi connectivity index (χ4n) is 3.45. The largest absolute Gasteiger partial charge is 0.444 e. The summed E-state index contributed by atoms with van der Waals surface area (Å²) in [6, 6.07) is 15.2. The maximum Gasteiger partial charge on any atom is 0.410 e. The summed E-state index contributed by atoms with van der Waals surface area (Å²) < 4.78 is 5.53. The molecule has 4 heteroatoms. The number of amides is 1. The summed E-state index contributed by atoms with van der Waals surface area (Å²) in [6.45, 7) is 8.94. The standard InChI is InChI=1S/C23H27NO3/c1-16-15-24(22(26)27-23(2,3)4)13-12-17-10-11-19(14-20(16)17)21(25)18-8-6-5-7-9-18/h5-11,14,16H,12-13,15H2,1-4H3/t16-/m1/s1. The Morgan fingerprint density at radius 1 is 1.04 bits per heavy atom. The van der Waals surface area contributed by atoms with Gasteiger partial charge in [0, 0.05) is 24.2 Å². The number of hydrogen-bond donors (Lipinski definition) is 0. The molecule has 0 unspecified atom stereocenters. The lowest BCUT2D eigenvalue weighted by Gasteiger charge is -2.27. The summed E-state index contributed by atoms with van der Waals surface area (Å²) in [5.74, 6) is 0.164. The van der Waals surface area contributed by atoms with Crippen LogP contribution in [-0.4, -0.2) is 35.5 Å². The lowest BCUT2D eigenvalue weighted by atomic mass is 9.91. The van der Waals surface area contributed by atoms with Crippen LogP contribution in [0.15, 0.2) is 48.5 Å². The van der Waals surface area contributed by atoms with E-state index in [0.717, 1.165) is 12.0 Å². The van der Waals surface area contributed by atoms with Crippen LogP contribution >= 0.6 is 0 Å². The fraction of sp³-hybridized carbons (Fsp3) is 0.391. The van der Waals surface area contributed by atoms with E-state index in [-0.39, 0.29) is 17.8 Å². The maximum absolute atomic E-state index is 12.8. The molecule has 0 bridgehead atoms. The predicted octanol–water partition coefficient (Wildman–Crippen LogP) is 4.81. The first kappa shape index (κ1) is 19.2. The van der Waals surface area contributed by atoms with E-state index >= 15 is 0 Å². The number of carbonyl (C=O) groups excluding carboxylic acids is 2. The minimum absolute atomic E-state index is 0.0267. The molecule has 2 aromatic carbocycles. The van der Waals surface area contributed by atoms with Gasteiger partial charge >= 0.3 is 6.09 Å². The van der Waals surface area contributed by atoms with Crippen molar-refractivity contribution < 1.29 is 14.3 Å². The third-order valence-electron chi connectivity index (χ3n) is 4.77. The van der Waals surface area contributed by atoms with Gasteiger partial charge in [-0.25, -0.2) is 4.79 Å². The van der Waals surface area contributed by atoms with Crippen LogP contribution in [0.4, 0.5) is 4.79 Å². The molecule has 0 aliphatic carbocycles. The average molecular weight is 365 g/mol. The first-order valence-corrected chi connectivity index (χ1v) is 9.45. The molecule has 0 saturated carbocycles. The minimum Gasteiger partial charge on any atom is -0.444 e. The number of ether oxygens (including phenoxy) is 1. The molecule has 4 nitrogen and oxygen atoms in total. The summed E-state index contributed by atoms with van der Waals surface area (Å²) in [7, 11) is 0. The van der Waals surface area contributed by atoms with Gasteiger partial charge in [0.1, 0.15) is 5.60 Å². The van der Waals surface area contributed by atoms with Crippen molar-refractivity contribution in [1.82, 2.24) is 4.90 Å². The van der Waals surface area contributed by atoms with Gasteiger partial charge in [0.15, 0.2) is 5.78 Å².